The molecule has 1 atom stereocenters. The Morgan fingerprint density at radius 3 is 2.90 bits per heavy atom. The molecular weight excluding hydrogens is 270 g/mol. The summed E-state index contributed by atoms with van der Waals surface area (Å²) < 4.78 is 0. The molecule has 0 saturated carbocycles. The molecule has 1 unspecified atom stereocenters. The zero-order chi connectivity index (χ0) is 15.2. The molecule has 21 heavy (non-hydrogen) atoms. The van der Waals surface area contributed by atoms with Crippen molar-refractivity contribution < 1.29 is 14.8 Å². The summed E-state index contributed by atoms with van der Waals surface area (Å²) in [4.78, 5) is 20.5. The number of benzene rings is 1. The molecule has 0 bridgehead atoms. The molecule has 0 amide bonds. The van der Waals surface area contributed by atoms with Crippen LogP contribution in [0.1, 0.15) is 24.3 Å². The van der Waals surface area contributed by atoms with Gasteiger partial charge >= 0.3 is 0 Å². The third-order valence-electron chi connectivity index (χ3n) is 3.42. The Morgan fingerprint density at radius 1 is 1.43 bits per heavy atom. The van der Waals surface area contributed by atoms with E-state index >= 15 is 0 Å². The summed E-state index contributed by atoms with van der Waals surface area (Å²) in [6.07, 6.45) is 7.71. The molecule has 5 heteroatoms. The number of hydrogen-bond acceptors (Lipinski definition) is 4. The van der Waals surface area contributed by atoms with E-state index < -0.39 is 4.92 Å². The van der Waals surface area contributed by atoms with E-state index in [1.54, 1.807) is 18.2 Å². The lowest BCUT2D eigenvalue weighted by atomic mass is 9.99. The van der Waals surface area contributed by atoms with E-state index in [0.29, 0.717) is 11.9 Å². The zero-order valence-electron chi connectivity index (χ0n) is 11.3. The van der Waals surface area contributed by atoms with Crippen LogP contribution < -0.4 is 0 Å². The topological polar surface area (TPSA) is 80.4 Å². The molecule has 1 aliphatic rings. The van der Waals surface area contributed by atoms with Crippen molar-refractivity contribution in [2.75, 3.05) is 0 Å². The van der Waals surface area contributed by atoms with Gasteiger partial charge in [0.05, 0.1) is 4.92 Å². The van der Waals surface area contributed by atoms with Gasteiger partial charge in [-0.2, -0.15) is 0 Å². The van der Waals surface area contributed by atoms with Gasteiger partial charge in [0.25, 0.3) is 0 Å². The fourth-order valence-corrected chi connectivity index (χ4v) is 2.46. The summed E-state index contributed by atoms with van der Waals surface area (Å²) in [7, 11) is 0. The van der Waals surface area contributed by atoms with Crippen LogP contribution in [0.5, 0.6) is 5.75 Å². The molecule has 0 saturated heterocycles. The molecule has 5 nitrogen and oxygen atoms in total. The first-order valence-electron chi connectivity index (χ1n) is 6.57. The third kappa shape index (κ3) is 3.89. The predicted octanol–water partition coefficient (Wildman–Crippen LogP) is 3.11. The summed E-state index contributed by atoms with van der Waals surface area (Å²) in [5.41, 5.74) is 2.46. The highest BCUT2D eigenvalue weighted by molar-refractivity contribution is 5.70. The van der Waals surface area contributed by atoms with Crippen molar-refractivity contribution in [1.29, 1.82) is 0 Å². The number of carbonyl (C=O) groups is 1. The van der Waals surface area contributed by atoms with Gasteiger partial charge in [0, 0.05) is 12.0 Å². The number of allylic oxidation sites excluding steroid dienone is 5. The van der Waals surface area contributed by atoms with E-state index in [2.05, 4.69) is 0 Å². The van der Waals surface area contributed by atoms with E-state index in [1.165, 1.54) is 12.2 Å². The number of hydrogen-bond donors (Lipinski definition) is 1. The Hall–Kier alpha value is -2.69. The number of aldehydes is 1. The summed E-state index contributed by atoms with van der Waals surface area (Å²) in [5, 5.41) is 19.9. The second-order valence-electron chi connectivity index (χ2n) is 4.79. The third-order valence-corrected chi connectivity index (χ3v) is 3.42. The average Bonchev–Trinajstić information content (AvgIpc) is 2.93. The Kier molecular flexibility index (Phi) is 4.66. The lowest BCUT2D eigenvalue weighted by molar-refractivity contribution is -0.402. The second kappa shape index (κ2) is 6.65. The van der Waals surface area contributed by atoms with Gasteiger partial charge in [-0.25, -0.2) is 0 Å². The first-order chi connectivity index (χ1) is 10.1. The van der Waals surface area contributed by atoms with Crippen molar-refractivity contribution in [1.82, 2.24) is 0 Å². The maximum atomic E-state index is 10.7. The van der Waals surface area contributed by atoms with Crippen molar-refractivity contribution in [3.8, 4) is 5.75 Å². The molecule has 1 N–H and O–H groups in total. The van der Waals surface area contributed by atoms with Crippen molar-refractivity contribution in [2.45, 2.75) is 18.8 Å². The molecule has 0 aliphatic heterocycles. The molecule has 108 valence electrons. The summed E-state index contributed by atoms with van der Waals surface area (Å²) in [6, 6.07) is 7.03. The molecule has 1 aromatic rings. The minimum absolute atomic E-state index is 0.145. The van der Waals surface area contributed by atoms with Gasteiger partial charge in [0.2, 0.25) is 6.20 Å². The highest BCUT2D eigenvalue weighted by Crippen LogP contribution is 2.36. The number of aromatic hydroxyl groups is 1. The van der Waals surface area contributed by atoms with Crippen molar-refractivity contribution in [2.24, 2.45) is 0 Å². The highest BCUT2D eigenvalue weighted by Gasteiger charge is 2.19. The van der Waals surface area contributed by atoms with E-state index in [-0.39, 0.29) is 11.7 Å². The number of phenolic OH excluding ortho intramolecular Hbond substituents is 1. The molecule has 2 rings (SSSR count). The predicted molar refractivity (Wildman–Crippen MR) is 78.4 cm³/mol. The minimum Gasteiger partial charge on any atom is -0.508 e. The lowest BCUT2D eigenvalue weighted by Crippen LogP contribution is -1.89. The van der Waals surface area contributed by atoms with Gasteiger partial charge in [-0.15, -0.1) is 0 Å². The summed E-state index contributed by atoms with van der Waals surface area (Å²) in [6.45, 7) is 0. The largest absolute Gasteiger partial charge is 0.508 e. The molecular formula is C16H15NO4. The van der Waals surface area contributed by atoms with Crippen LogP contribution in [0, 0.1) is 10.1 Å². The Labute approximate surface area is 122 Å². The van der Waals surface area contributed by atoms with E-state index in [4.69, 9.17) is 0 Å². The SMILES string of the molecule is O=C/C=C(\C=C\[N+](=O)[O-])C1=CC(c2cccc(O)c2)CC1. The minimum atomic E-state index is -0.555. The quantitative estimate of drug-likeness (QED) is 0.296. The number of nitrogens with zero attached hydrogens (tertiary/aromatic N) is 1. The van der Waals surface area contributed by atoms with Crippen LogP contribution in [0.25, 0.3) is 0 Å². The number of rotatable bonds is 5. The number of carbonyl (C=O) groups excluding carboxylic acids is 1. The smallest absolute Gasteiger partial charge is 0.235 e. The standard InChI is InChI=1S/C16H15NO4/c18-9-7-12(6-8-17(20)21)14-4-5-15(10-14)13-2-1-3-16(19)11-13/h1-3,6-11,15,19H,4-5H2/b8-6+,12-7+. The maximum absolute atomic E-state index is 10.7. The molecule has 1 aromatic carbocycles. The van der Waals surface area contributed by atoms with Gasteiger partial charge in [-0.1, -0.05) is 18.2 Å². The molecule has 0 radical (unpaired) electrons. The normalized spacial score (nSPS) is 18.8. The van der Waals surface area contributed by atoms with E-state index in [1.807, 2.05) is 12.1 Å². The summed E-state index contributed by atoms with van der Waals surface area (Å²) >= 11 is 0. The van der Waals surface area contributed by atoms with Crippen LogP contribution in [0.4, 0.5) is 0 Å². The number of nitro groups is 1. The van der Waals surface area contributed by atoms with Crippen molar-refractivity contribution in [3.05, 3.63) is 75.5 Å². The Bertz CT molecular complexity index is 643. The second-order valence-corrected chi connectivity index (χ2v) is 4.79. The molecule has 0 spiro atoms. The number of phenols is 1. The highest BCUT2D eigenvalue weighted by atomic mass is 16.6. The van der Waals surface area contributed by atoms with E-state index in [0.717, 1.165) is 30.2 Å². The van der Waals surface area contributed by atoms with E-state index in [9.17, 15) is 20.0 Å². The molecule has 0 fully saturated rings. The average molecular weight is 285 g/mol. The van der Waals surface area contributed by atoms with Gasteiger partial charge in [-0.05, 0) is 47.8 Å². The van der Waals surface area contributed by atoms with Crippen molar-refractivity contribution in [3.63, 3.8) is 0 Å². The molecule has 1 aliphatic carbocycles. The van der Waals surface area contributed by atoms with Crippen LogP contribution >= 0.6 is 0 Å². The maximum Gasteiger partial charge on any atom is 0.235 e. The van der Waals surface area contributed by atoms with Crippen LogP contribution in [-0.2, 0) is 4.79 Å². The summed E-state index contributed by atoms with van der Waals surface area (Å²) in [5.74, 6) is 0.359. The Balaban J connectivity index is 2.24. The lowest BCUT2D eigenvalue weighted by Gasteiger charge is -2.07. The van der Waals surface area contributed by atoms with Crippen molar-refractivity contribution >= 4 is 6.29 Å². The monoisotopic (exact) mass is 285 g/mol. The Morgan fingerprint density at radius 2 is 2.24 bits per heavy atom. The van der Waals surface area contributed by atoms with Gasteiger partial charge in [-0.3, -0.25) is 14.9 Å². The van der Waals surface area contributed by atoms with Gasteiger partial charge < -0.3 is 5.11 Å². The molecule has 0 heterocycles. The fourth-order valence-electron chi connectivity index (χ4n) is 2.46. The van der Waals surface area contributed by atoms with Crippen LogP contribution in [-0.4, -0.2) is 16.3 Å². The fraction of sp³-hybridized carbons (Fsp3) is 0.188. The van der Waals surface area contributed by atoms with Crippen LogP contribution in [0.3, 0.4) is 0 Å². The molecule has 0 aromatic heterocycles. The first-order valence-corrected chi connectivity index (χ1v) is 6.57. The zero-order valence-corrected chi connectivity index (χ0v) is 11.3. The van der Waals surface area contributed by atoms with Gasteiger partial charge in [0.1, 0.15) is 12.0 Å². The van der Waals surface area contributed by atoms with Crippen LogP contribution in [0.2, 0.25) is 0 Å². The first kappa shape index (κ1) is 14.7. The van der Waals surface area contributed by atoms with Gasteiger partial charge in [0.15, 0.2) is 0 Å². The van der Waals surface area contributed by atoms with Crippen LogP contribution in [0.15, 0.2) is 59.8 Å².